The largest absolute Gasteiger partial charge is 0.282 e. The number of rotatable bonds is 5. The van der Waals surface area contributed by atoms with Crippen LogP contribution in [0.2, 0.25) is 0 Å². The molecule has 0 atom stereocenters. The van der Waals surface area contributed by atoms with Crippen LogP contribution in [0, 0.1) is 11.6 Å². The molecule has 4 rings (SSSR count). The molecule has 0 unspecified atom stereocenters. The number of sulfonamides is 1. The Morgan fingerprint density at radius 1 is 0.897 bits per heavy atom. The molecule has 2 aromatic heterocycles. The van der Waals surface area contributed by atoms with Crippen LogP contribution in [0.3, 0.4) is 0 Å². The van der Waals surface area contributed by atoms with Gasteiger partial charge in [-0.2, -0.15) is 9.40 Å². The van der Waals surface area contributed by atoms with Gasteiger partial charge in [-0.05, 0) is 36.4 Å². The van der Waals surface area contributed by atoms with Crippen molar-refractivity contribution >= 4 is 10.0 Å². The number of pyridine rings is 1. The van der Waals surface area contributed by atoms with Gasteiger partial charge in [0.25, 0.3) is 0 Å². The Morgan fingerprint density at radius 2 is 1.62 bits per heavy atom. The highest BCUT2D eigenvalue weighted by Gasteiger charge is 2.29. The molecule has 1 aliphatic heterocycles. The number of nitrogens with zero attached hydrogens (tertiary/aromatic N) is 5. The number of hydrogen-bond donors (Lipinski definition) is 0. The summed E-state index contributed by atoms with van der Waals surface area (Å²) >= 11 is 0. The van der Waals surface area contributed by atoms with E-state index >= 15 is 0 Å². The van der Waals surface area contributed by atoms with Crippen molar-refractivity contribution in [2.24, 2.45) is 0 Å². The lowest BCUT2D eigenvalue weighted by Crippen LogP contribution is -2.49. The summed E-state index contributed by atoms with van der Waals surface area (Å²) in [5.74, 6) is -2.25. The van der Waals surface area contributed by atoms with Crippen LogP contribution in [0.25, 0.3) is 11.3 Å². The highest BCUT2D eigenvalue weighted by Crippen LogP contribution is 2.21. The zero-order valence-electron chi connectivity index (χ0n) is 15.4. The van der Waals surface area contributed by atoms with Crippen molar-refractivity contribution in [1.82, 2.24) is 24.0 Å². The minimum absolute atomic E-state index is 0.239. The first-order valence-electron chi connectivity index (χ1n) is 9.05. The summed E-state index contributed by atoms with van der Waals surface area (Å²) in [6, 6.07) is 8.36. The molecule has 10 heteroatoms. The predicted octanol–water partition coefficient (Wildman–Crippen LogP) is 2.19. The molecule has 0 aliphatic carbocycles. The fourth-order valence-corrected chi connectivity index (χ4v) is 4.73. The first kappa shape index (κ1) is 19.6. The minimum Gasteiger partial charge on any atom is -0.282 e. The lowest BCUT2D eigenvalue weighted by atomic mass is 10.2. The van der Waals surface area contributed by atoms with Gasteiger partial charge < -0.3 is 0 Å². The lowest BCUT2D eigenvalue weighted by molar-refractivity contribution is 0.146. The smallest absolute Gasteiger partial charge is 0.243 e. The average molecular weight is 419 g/mol. The molecule has 0 bridgehead atoms. The van der Waals surface area contributed by atoms with E-state index in [-0.39, 0.29) is 18.0 Å². The Kier molecular flexibility index (Phi) is 5.39. The highest BCUT2D eigenvalue weighted by molar-refractivity contribution is 7.89. The highest BCUT2D eigenvalue weighted by atomic mass is 32.2. The fraction of sp³-hybridized carbons (Fsp3) is 0.263. The van der Waals surface area contributed by atoms with Crippen molar-refractivity contribution < 1.29 is 17.2 Å². The maximum absolute atomic E-state index is 13.4. The Morgan fingerprint density at radius 3 is 2.31 bits per heavy atom. The number of hydrogen-bond acceptors (Lipinski definition) is 5. The lowest BCUT2D eigenvalue weighted by Gasteiger charge is -2.34. The van der Waals surface area contributed by atoms with E-state index in [2.05, 4.69) is 15.0 Å². The zero-order chi connectivity index (χ0) is 20.4. The second kappa shape index (κ2) is 7.97. The second-order valence-electron chi connectivity index (χ2n) is 6.69. The molecule has 1 aromatic carbocycles. The summed E-state index contributed by atoms with van der Waals surface area (Å²) in [5, 5.41) is 4.37. The van der Waals surface area contributed by atoms with Crippen LogP contribution < -0.4 is 0 Å². The second-order valence-corrected chi connectivity index (χ2v) is 8.63. The van der Waals surface area contributed by atoms with Crippen LogP contribution in [-0.4, -0.2) is 58.6 Å². The van der Waals surface area contributed by atoms with Crippen LogP contribution in [0.1, 0.15) is 0 Å². The summed E-state index contributed by atoms with van der Waals surface area (Å²) in [6.45, 7) is 2.03. The van der Waals surface area contributed by atoms with Crippen molar-refractivity contribution in [1.29, 1.82) is 0 Å². The number of benzene rings is 1. The van der Waals surface area contributed by atoms with E-state index in [9.17, 15) is 17.2 Å². The van der Waals surface area contributed by atoms with E-state index in [1.54, 1.807) is 18.6 Å². The van der Waals surface area contributed by atoms with Gasteiger partial charge >= 0.3 is 0 Å². The number of aromatic nitrogens is 3. The summed E-state index contributed by atoms with van der Waals surface area (Å²) in [4.78, 5) is 5.87. The molecule has 0 spiro atoms. The normalized spacial score (nSPS) is 16.2. The van der Waals surface area contributed by atoms with Gasteiger partial charge in [-0.3, -0.25) is 14.6 Å². The van der Waals surface area contributed by atoms with E-state index < -0.39 is 21.7 Å². The van der Waals surface area contributed by atoms with Crippen LogP contribution in [-0.2, 0) is 16.7 Å². The van der Waals surface area contributed by atoms with Crippen molar-refractivity contribution in [3.05, 3.63) is 66.6 Å². The van der Waals surface area contributed by atoms with Gasteiger partial charge in [0, 0.05) is 50.3 Å². The van der Waals surface area contributed by atoms with Crippen LogP contribution in [0.15, 0.2) is 59.9 Å². The van der Waals surface area contributed by atoms with Gasteiger partial charge in [0.1, 0.15) is 0 Å². The van der Waals surface area contributed by atoms with Gasteiger partial charge in [-0.25, -0.2) is 17.2 Å². The average Bonchev–Trinajstić information content (AvgIpc) is 3.19. The maximum atomic E-state index is 13.4. The third kappa shape index (κ3) is 4.04. The molecule has 1 fully saturated rings. The molecule has 0 saturated carbocycles. The minimum atomic E-state index is -3.87. The third-order valence-electron chi connectivity index (χ3n) is 4.89. The maximum Gasteiger partial charge on any atom is 0.243 e. The zero-order valence-corrected chi connectivity index (χ0v) is 16.3. The summed E-state index contributed by atoms with van der Waals surface area (Å²) in [7, 11) is -3.87. The predicted molar refractivity (Wildman–Crippen MR) is 102 cm³/mol. The topological polar surface area (TPSA) is 71.3 Å². The van der Waals surface area contributed by atoms with Gasteiger partial charge in [0.15, 0.2) is 11.6 Å². The Bertz CT molecular complexity index is 1100. The molecule has 152 valence electrons. The molecule has 0 amide bonds. The number of halogens is 2. The Balaban J connectivity index is 1.43. The first-order valence-corrected chi connectivity index (χ1v) is 10.5. The summed E-state index contributed by atoms with van der Waals surface area (Å²) in [5.41, 5.74) is 1.95. The van der Waals surface area contributed by atoms with Crippen molar-refractivity contribution in [2.75, 3.05) is 26.2 Å². The molecule has 7 nitrogen and oxygen atoms in total. The van der Waals surface area contributed by atoms with Gasteiger partial charge in [-0.15, -0.1) is 0 Å². The van der Waals surface area contributed by atoms with Crippen LogP contribution in [0.4, 0.5) is 8.78 Å². The quantitative estimate of drug-likeness (QED) is 0.634. The molecule has 1 saturated heterocycles. The van der Waals surface area contributed by atoms with E-state index in [0.29, 0.717) is 19.8 Å². The third-order valence-corrected chi connectivity index (χ3v) is 6.78. The van der Waals surface area contributed by atoms with E-state index in [0.717, 1.165) is 29.5 Å². The molecule has 3 heterocycles. The molecule has 29 heavy (non-hydrogen) atoms. The standard InChI is InChI=1S/C19H19F2N5O2S/c20-17-2-1-16(13-18(17)21)29(27,28)25-11-9-24(10-12-25)14-26-19(5-8-23-26)15-3-6-22-7-4-15/h1-8,13H,9-12,14H2. The van der Waals surface area contributed by atoms with Crippen molar-refractivity contribution in [2.45, 2.75) is 11.6 Å². The molecule has 1 aliphatic rings. The van der Waals surface area contributed by atoms with Gasteiger partial charge in [0.2, 0.25) is 10.0 Å². The summed E-state index contributed by atoms with van der Waals surface area (Å²) in [6.07, 6.45) is 5.16. The molecule has 0 radical (unpaired) electrons. The van der Waals surface area contributed by atoms with Crippen molar-refractivity contribution in [3.63, 3.8) is 0 Å². The summed E-state index contributed by atoms with van der Waals surface area (Å²) < 4.78 is 55.1. The SMILES string of the molecule is O=S(=O)(c1ccc(F)c(F)c1)N1CCN(Cn2nccc2-c2ccncc2)CC1. The molecular weight excluding hydrogens is 400 g/mol. The Labute approximate surface area is 167 Å². The van der Waals surface area contributed by atoms with Gasteiger partial charge in [-0.1, -0.05) is 0 Å². The fourth-order valence-electron chi connectivity index (χ4n) is 3.30. The van der Waals surface area contributed by atoms with E-state index in [1.807, 2.05) is 22.9 Å². The van der Waals surface area contributed by atoms with E-state index in [4.69, 9.17) is 0 Å². The Hall–Kier alpha value is -2.69. The first-order chi connectivity index (χ1) is 13.9. The number of piperazine rings is 1. The van der Waals surface area contributed by atoms with Crippen molar-refractivity contribution in [3.8, 4) is 11.3 Å². The monoisotopic (exact) mass is 419 g/mol. The van der Waals surface area contributed by atoms with Crippen LogP contribution >= 0.6 is 0 Å². The van der Waals surface area contributed by atoms with Gasteiger partial charge in [0.05, 0.1) is 17.3 Å². The molecule has 0 N–H and O–H groups in total. The van der Waals surface area contributed by atoms with E-state index in [1.165, 1.54) is 4.31 Å². The molecule has 3 aromatic rings. The molecular formula is C19H19F2N5O2S. The van der Waals surface area contributed by atoms with Crippen LogP contribution in [0.5, 0.6) is 0 Å².